The lowest BCUT2D eigenvalue weighted by Crippen LogP contribution is -2.14. The van der Waals surface area contributed by atoms with Crippen LogP contribution in [0.2, 0.25) is 0 Å². The van der Waals surface area contributed by atoms with Crippen LogP contribution in [0.4, 0.5) is 11.5 Å². The smallest absolute Gasteiger partial charge is 0.261 e. The third-order valence-corrected chi connectivity index (χ3v) is 5.29. The number of aromatic nitrogens is 3. The van der Waals surface area contributed by atoms with Crippen LogP contribution < -0.4 is 11.1 Å². The van der Waals surface area contributed by atoms with Crippen molar-refractivity contribution < 1.29 is 4.79 Å². The van der Waals surface area contributed by atoms with Gasteiger partial charge in [-0.15, -0.1) is 0 Å². The van der Waals surface area contributed by atoms with E-state index in [9.17, 15) is 4.79 Å². The second-order valence-electron chi connectivity index (χ2n) is 7.64. The molecule has 6 nitrogen and oxygen atoms in total. The van der Waals surface area contributed by atoms with Crippen LogP contribution in [0.5, 0.6) is 0 Å². The number of para-hydroxylation sites is 2. The normalized spacial score (nSPS) is 11.2. The standard InChI is InChI=1S/C25H21N5O/c1-15-10-12-17(13-11-15)27-25(31)21-22-24(29-20-9-4-3-8-19(20)28-22)30(23(21)26)18-7-5-6-16(2)14-18/h3-14H,26H2,1-2H3,(H,27,31). The molecule has 0 saturated carbocycles. The minimum absolute atomic E-state index is 0.306. The van der Waals surface area contributed by atoms with Gasteiger partial charge in [-0.05, 0) is 55.8 Å². The maximum Gasteiger partial charge on any atom is 0.261 e. The van der Waals surface area contributed by atoms with E-state index in [4.69, 9.17) is 15.7 Å². The molecule has 0 bridgehead atoms. The Bertz CT molecular complexity index is 1450. The highest BCUT2D eigenvalue weighted by Gasteiger charge is 2.25. The molecule has 1 amide bonds. The molecule has 2 heterocycles. The molecule has 2 aromatic heterocycles. The Morgan fingerprint density at radius 2 is 1.58 bits per heavy atom. The number of nitrogens with one attached hydrogen (secondary N) is 1. The number of anilines is 2. The quantitative estimate of drug-likeness (QED) is 0.439. The van der Waals surface area contributed by atoms with Gasteiger partial charge in [0.05, 0.1) is 11.0 Å². The summed E-state index contributed by atoms with van der Waals surface area (Å²) in [5, 5.41) is 2.94. The highest BCUT2D eigenvalue weighted by atomic mass is 16.1. The van der Waals surface area contributed by atoms with Gasteiger partial charge in [-0.1, -0.05) is 42.0 Å². The van der Waals surface area contributed by atoms with Crippen LogP contribution >= 0.6 is 0 Å². The van der Waals surface area contributed by atoms with Crippen molar-refractivity contribution in [2.24, 2.45) is 0 Å². The predicted octanol–water partition coefficient (Wildman–Crippen LogP) is 5.03. The summed E-state index contributed by atoms with van der Waals surface area (Å²) in [5.74, 6) is -0.0112. The van der Waals surface area contributed by atoms with E-state index in [-0.39, 0.29) is 5.91 Å². The zero-order chi connectivity index (χ0) is 21.5. The number of fused-ring (bicyclic) bond motifs is 2. The first kappa shape index (κ1) is 18.8. The van der Waals surface area contributed by atoms with E-state index in [1.165, 1.54) is 0 Å². The third kappa shape index (κ3) is 3.28. The number of carbonyl (C=O) groups excluding carboxylic acids is 1. The third-order valence-electron chi connectivity index (χ3n) is 5.29. The first-order valence-corrected chi connectivity index (χ1v) is 10.0. The molecule has 5 rings (SSSR count). The average molecular weight is 407 g/mol. The zero-order valence-corrected chi connectivity index (χ0v) is 17.3. The molecule has 0 atom stereocenters. The molecule has 152 valence electrons. The van der Waals surface area contributed by atoms with Crippen molar-refractivity contribution in [1.29, 1.82) is 0 Å². The number of rotatable bonds is 3. The van der Waals surface area contributed by atoms with Gasteiger partial charge in [0.2, 0.25) is 0 Å². The van der Waals surface area contributed by atoms with E-state index < -0.39 is 0 Å². The Morgan fingerprint density at radius 3 is 2.29 bits per heavy atom. The highest BCUT2D eigenvalue weighted by Crippen LogP contribution is 2.31. The van der Waals surface area contributed by atoms with E-state index in [1.807, 2.05) is 86.6 Å². The number of aryl methyl sites for hydroxylation is 2. The summed E-state index contributed by atoms with van der Waals surface area (Å²) in [6, 6.07) is 23.1. The molecular weight excluding hydrogens is 386 g/mol. The summed E-state index contributed by atoms with van der Waals surface area (Å²) in [7, 11) is 0. The Morgan fingerprint density at radius 1 is 0.871 bits per heavy atom. The molecule has 31 heavy (non-hydrogen) atoms. The SMILES string of the molecule is Cc1ccc(NC(=O)c2c(N)n(-c3cccc(C)c3)c3nc4ccccc4nc23)cc1. The van der Waals surface area contributed by atoms with Crippen LogP contribution in [-0.2, 0) is 0 Å². The Kier molecular flexibility index (Phi) is 4.40. The van der Waals surface area contributed by atoms with Crippen LogP contribution in [0, 0.1) is 13.8 Å². The molecule has 6 heteroatoms. The number of carbonyl (C=O) groups is 1. The lowest BCUT2D eigenvalue weighted by molar-refractivity contribution is 0.102. The second kappa shape index (κ2) is 7.25. The molecule has 0 spiro atoms. The van der Waals surface area contributed by atoms with E-state index >= 15 is 0 Å². The van der Waals surface area contributed by atoms with Gasteiger partial charge in [-0.25, -0.2) is 9.97 Å². The maximum atomic E-state index is 13.3. The summed E-state index contributed by atoms with van der Waals surface area (Å²) in [6.45, 7) is 4.01. The summed E-state index contributed by atoms with van der Waals surface area (Å²) in [6.07, 6.45) is 0. The number of nitrogen functional groups attached to an aromatic ring is 1. The summed E-state index contributed by atoms with van der Waals surface area (Å²) < 4.78 is 1.80. The van der Waals surface area contributed by atoms with Gasteiger partial charge in [0.1, 0.15) is 16.9 Å². The van der Waals surface area contributed by atoms with Crippen molar-refractivity contribution >= 4 is 39.6 Å². The molecule has 3 aromatic carbocycles. The van der Waals surface area contributed by atoms with Crippen LogP contribution in [0.1, 0.15) is 21.5 Å². The van der Waals surface area contributed by atoms with Crippen molar-refractivity contribution in [2.75, 3.05) is 11.1 Å². The summed E-state index contributed by atoms with van der Waals surface area (Å²) in [5.41, 5.74) is 13.1. The predicted molar refractivity (Wildman–Crippen MR) is 125 cm³/mol. The molecule has 0 aliphatic heterocycles. The fourth-order valence-corrected chi connectivity index (χ4v) is 3.74. The second-order valence-corrected chi connectivity index (χ2v) is 7.64. The monoisotopic (exact) mass is 407 g/mol. The van der Waals surface area contributed by atoms with Gasteiger partial charge in [0.25, 0.3) is 5.91 Å². The lowest BCUT2D eigenvalue weighted by Gasteiger charge is -2.09. The average Bonchev–Trinajstić information content (AvgIpc) is 3.04. The largest absolute Gasteiger partial charge is 0.384 e. The van der Waals surface area contributed by atoms with Gasteiger partial charge in [0.15, 0.2) is 5.65 Å². The molecule has 0 fully saturated rings. The molecule has 0 unspecified atom stereocenters. The van der Waals surface area contributed by atoms with Gasteiger partial charge in [-0.3, -0.25) is 9.36 Å². The van der Waals surface area contributed by atoms with Crippen LogP contribution in [-0.4, -0.2) is 20.4 Å². The van der Waals surface area contributed by atoms with Crippen LogP contribution in [0.25, 0.3) is 27.9 Å². The zero-order valence-electron chi connectivity index (χ0n) is 17.3. The number of hydrogen-bond acceptors (Lipinski definition) is 4. The van der Waals surface area contributed by atoms with Gasteiger partial charge in [0, 0.05) is 11.4 Å². The molecule has 0 radical (unpaired) electrons. The summed E-state index contributed by atoms with van der Waals surface area (Å²) >= 11 is 0. The molecule has 3 N–H and O–H groups in total. The summed E-state index contributed by atoms with van der Waals surface area (Å²) in [4.78, 5) is 22.9. The van der Waals surface area contributed by atoms with Crippen LogP contribution in [0.15, 0.2) is 72.8 Å². The first-order valence-electron chi connectivity index (χ1n) is 10.0. The van der Waals surface area contributed by atoms with Crippen molar-refractivity contribution in [2.45, 2.75) is 13.8 Å². The van der Waals surface area contributed by atoms with Crippen molar-refractivity contribution in [3.8, 4) is 5.69 Å². The van der Waals surface area contributed by atoms with Crippen molar-refractivity contribution in [3.05, 3.63) is 89.5 Å². The van der Waals surface area contributed by atoms with Gasteiger partial charge >= 0.3 is 0 Å². The van der Waals surface area contributed by atoms with Crippen LogP contribution in [0.3, 0.4) is 0 Å². The molecule has 0 aliphatic carbocycles. The molecule has 0 aliphatic rings. The van der Waals surface area contributed by atoms with Gasteiger partial charge < -0.3 is 11.1 Å². The number of nitrogens with zero attached hydrogens (tertiary/aromatic N) is 3. The van der Waals surface area contributed by atoms with Crippen molar-refractivity contribution in [1.82, 2.24) is 14.5 Å². The Hall–Kier alpha value is -4.19. The maximum absolute atomic E-state index is 13.3. The number of nitrogens with two attached hydrogens (primary N) is 1. The molecule has 0 saturated heterocycles. The Balaban J connectivity index is 1.75. The molecule has 5 aromatic rings. The van der Waals surface area contributed by atoms with E-state index in [2.05, 4.69) is 5.32 Å². The van der Waals surface area contributed by atoms with Gasteiger partial charge in [-0.2, -0.15) is 0 Å². The number of benzene rings is 3. The fourth-order valence-electron chi connectivity index (χ4n) is 3.74. The molecular formula is C25H21N5O. The Labute approximate surface area is 179 Å². The number of hydrogen-bond donors (Lipinski definition) is 2. The fraction of sp³-hybridized carbons (Fsp3) is 0.0800. The highest BCUT2D eigenvalue weighted by molar-refractivity contribution is 6.16. The topological polar surface area (TPSA) is 85.8 Å². The first-order chi connectivity index (χ1) is 15.0. The van der Waals surface area contributed by atoms with Crippen molar-refractivity contribution in [3.63, 3.8) is 0 Å². The minimum Gasteiger partial charge on any atom is -0.384 e. The number of amides is 1. The van der Waals surface area contributed by atoms with E-state index in [1.54, 1.807) is 4.57 Å². The minimum atomic E-state index is -0.317. The van der Waals surface area contributed by atoms with E-state index in [0.717, 1.165) is 22.3 Å². The van der Waals surface area contributed by atoms with E-state index in [0.29, 0.717) is 33.7 Å². The lowest BCUT2D eigenvalue weighted by atomic mass is 10.2.